The second-order valence-corrected chi connectivity index (χ2v) is 7.53. The molecule has 0 unspecified atom stereocenters. The van der Waals surface area contributed by atoms with Crippen molar-refractivity contribution in [3.05, 3.63) is 66.1 Å². The highest BCUT2D eigenvalue weighted by Crippen LogP contribution is 2.26. The summed E-state index contributed by atoms with van der Waals surface area (Å²) in [6.07, 6.45) is 4.03. The molecule has 2 aromatic heterocycles. The quantitative estimate of drug-likeness (QED) is 0.693. The van der Waals surface area contributed by atoms with Crippen LogP contribution in [0.5, 0.6) is 0 Å². The molecule has 2 fully saturated rings. The fourth-order valence-corrected chi connectivity index (χ4v) is 4.25. The van der Waals surface area contributed by atoms with E-state index in [1.165, 1.54) is 5.56 Å². The standard InChI is InChI=1S/C21H23N5O2/c27-21-7-9-28-19-14-24(11-17-6-8-26-20(10-17)22-15-23-26)13-18(19)25(21)12-16-4-2-1-3-5-16/h1-6,8,10,15,18-19H,7,9,11-14H2/t18-,19-/m0/s1. The van der Waals surface area contributed by atoms with Crippen LogP contribution in [0.3, 0.4) is 0 Å². The first-order valence-corrected chi connectivity index (χ1v) is 9.72. The second kappa shape index (κ2) is 7.33. The highest BCUT2D eigenvalue weighted by Gasteiger charge is 2.41. The maximum Gasteiger partial charge on any atom is 0.225 e. The summed E-state index contributed by atoms with van der Waals surface area (Å²) in [5.74, 6) is 0.183. The van der Waals surface area contributed by atoms with Crippen LogP contribution in [0.25, 0.3) is 5.65 Å². The van der Waals surface area contributed by atoms with Gasteiger partial charge in [0.25, 0.3) is 0 Å². The van der Waals surface area contributed by atoms with Crippen LogP contribution in [-0.2, 0) is 22.6 Å². The van der Waals surface area contributed by atoms with Gasteiger partial charge in [-0.1, -0.05) is 30.3 Å². The van der Waals surface area contributed by atoms with Gasteiger partial charge in [0, 0.05) is 32.4 Å². The van der Waals surface area contributed by atoms with Gasteiger partial charge in [-0.15, -0.1) is 0 Å². The van der Waals surface area contributed by atoms with Gasteiger partial charge in [-0.3, -0.25) is 9.69 Å². The molecule has 3 aromatic rings. The molecule has 28 heavy (non-hydrogen) atoms. The number of nitrogens with zero attached hydrogens (tertiary/aromatic N) is 5. The first kappa shape index (κ1) is 17.3. The third-order valence-electron chi connectivity index (χ3n) is 5.63. The minimum atomic E-state index is 0.0620. The van der Waals surface area contributed by atoms with E-state index in [1.54, 1.807) is 10.8 Å². The van der Waals surface area contributed by atoms with Crippen molar-refractivity contribution in [2.75, 3.05) is 19.7 Å². The number of aromatic nitrogens is 3. The van der Waals surface area contributed by atoms with Gasteiger partial charge >= 0.3 is 0 Å². The molecule has 0 saturated carbocycles. The van der Waals surface area contributed by atoms with Crippen LogP contribution >= 0.6 is 0 Å². The summed E-state index contributed by atoms with van der Waals surface area (Å²) >= 11 is 0. The Balaban J connectivity index is 1.33. The number of likely N-dealkylation sites (tertiary alicyclic amines) is 1. The first-order chi connectivity index (χ1) is 13.8. The second-order valence-electron chi connectivity index (χ2n) is 7.53. The molecule has 0 spiro atoms. The lowest BCUT2D eigenvalue weighted by Crippen LogP contribution is -2.45. The number of hydrogen-bond acceptors (Lipinski definition) is 5. The molecule has 2 saturated heterocycles. The minimum absolute atomic E-state index is 0.0620. The number of carbonyl (C=O) groups excluding carboxylic acids is 1. The zero-order valence-electron chi connectivity index (χ0n) is 15.6. The Hall–Kier alpha value is -2.77. The Morgan fingerprint density at radius 1 is 1.07 bits per heavy atom. The molecule has 0 N–H and O–H groups in total. The molecule has 5 rings (SSSR count). The van der Waals surface area contributed by atoms with Gasteiger partial charge in [-0.05, 0) is 23.3 Å². The Kier molecular flexibility index (Phi) is 4.54. The third kappa shape index (κ3) is 3.39. The van der Waals surface area contributed by atoms with E-state index in [4.69, 9.17) is 4.74 Å². The van der Waals surface area contributed by atoms with Crippen molar-refractivity contribution in [1.29, 1.82) is 0 Å². The molecule has 7 heteroatoms. The molecule has 1 amide bonds. The van der Waals surface area contributed by atoms with E-state index in [-0.39, 0.29) is 18.1 Å². The molecule has 0 radical (unpaired) electrons. The lowest BCUT2D eigenvalue weighted by Gasteiger charge is -2.30. The normalized spacial score (nSPS) is 23.1. The van der Waals surface area contributed by atoms with Crippen molar-refractivity contribution >= 4 is 11.6 Å². The highest BCUT2D eigenvalue weighted by atomic mass is 16.5. The lowest BCUT2D eigenvalue weighted by atomic mass is 10.1. The Bertz CT molecular complexity index is 973. The minimum Gasteiger partial charge on any atom is -0.374 e. The summed E-state index contributed by atoms with van der Waals surface area (Å²) in [7, 11) is 0. The van der Waals surface area contributed by atoms with Crippen LogP contribution in [-0.4, -0.2) is 62.1 Å². The molecule has 1 aromatic carbocycles. The summed E-state index contributed by atoms with van der Waals surface area (Å²) in [4.78, 5) is 21.4. The maximum absolute atomic E-state index is 12.8. The van der Waals surface area contributed by atoms with Crippen molar-refractivity contribution in [3.8, 4) is 0 Å². The first-order valence-electron chi connectivity index (χ1n) is 9.72. The highest BCUT2D eigenvalue weighted by molar-refractivity contribution is 5.77. The number of hydrogen-bond donors (Lipinski definition) is 0. The smallest absolute Gasteiger partial charge is 0.225 e. The number of carbonyl (C=O) groups is 1. The summed E-state index contributed by atoms with van der Waals surface area (Å²) < 4.78 is 7.83. The van der Waals surface area contributed by atoms with Crippen molar-refractivity contribution in [1.82, 2.24) is 24.4 Å². The SMILES string of the molecule is O=C1CCO[C@H]2CN(Cc3ccn4ncnc4c3)C[C@@H]2N1Cc1ccccc1. The Morgan fingerprint density at radius 3 is 2.86 bits per heavy atom. The van der Waals surface area contributed by atoms with Crippen LogP contribution < -0.4 is 0 Å². The summed E-state index contributed by atoms with van der Waals surface area (Å²) in [5.41, 5.74) is 3.20. The van der Waals surface area contributed by atoms with Gasteiger partial charge in [-0.2, -0.15) is 5.10 Å². The number of pyridine rings is 1. The molecule has 2 aliphatic rings. The lowest BCUT2D eigenvalue weighted by molar-refractivity contribution is -0.133. The fraction of sp³-hybridized carbons (Fsp3) is 0.381. The zero-order valence-corrected chi connectivity index (χ0v) is 15.6. The van der Waals surface area contributed by atoms with Crippen LogP contribution in [0.1, 0.15) is 17.5 Å². The largest absolute Gasteiger partial charge is 0.374 e. The van der Waals surface area contributed by atoms with Gasteiger partial charge in [0.2, 0.25) is 5.91 Å². The summed E-state index contributed by atoms with van der Waals surface area (Å²) in [6, 6.07) is 14.4. The Labute approximate surface area is 163 Å². The van der Waals surface area contributed by atoms with E-state index in [1.807, 2.05) is 29.3 Å². The van der Waals surface area contributed by atoms with Gasteiger partial charge in [0.05, 0.1) is 25.2 Å². The monoisotopic (exact) mass is 377 g/mol. The number of fused-ring (bicyclic) bond motifs is 2. The van der Waals surface area contributed by atoms with E-state index in [0.717, 1.165) is 30.8 Å². The summed E-state index contributed by atoms with van der Waals surface area (Å²) in [6.45, 7) is 3.61. The molecular weight excluding hydrogens is 354 g/mol. The molecule has 2 atom stereocenters. The van der Waals surface area contributed by atoms with E-state index in [2.05, 4.69) is 39.2 Å². The van der Waals surface area contributed by atoms with Crippen LogP contribution in [0.15, 0.2) is 55.0 Å². The molecular formula is C21H23N5O2. The van der Waals surface area contributed by atoms with E-state index in [9.17, 15) is 4.79 Å². The third-order valence-corrected chi connectivity index (χ3v) is 5.63. The van der Waals surface area contributed by atoms with Crippen molar-refractivity contribution < 1.29 is 9.53 Å². The van der Waals surface area contributed by atoms with Gasteiger partial charge < -0.3 is 9.64 Å². The van der Waals surface area contributed by atoms with E-state index >= 15 is 0 Å². The summed E-state index contributed by atoms with van der Waals surface area (Å²) in [5, 5.41) is 4.15. The molecule has 2 aliphatic heterocycles. The van der Waals surface area contributed by atoms with Crippen LogP contribution in [0.4, 0.5) is 0 Å². The van der Waals surface area contributed by atoms with Crippen LogP contribution in [0.2, 0.25) is 0 Å². The van der Waals surface area contributed by atoms with Crippen molar-refractivity contribution in [3.63, 3.8) is 0 Å². The topological polar surface area (TPSA) is 63.0 Å². The van der Waals surface area contributed by atoms with E-state index < -0.39 is 0 Å². The number of ether oxygens (including phenoxy) is 1. The molecule has 0 bridgehead atoms. The van der Waals surface area contributed by atoms with Crippen molar-refractivity contribution in [2.24, 2.45) is 0 Å². The zero-order chi connectivity index (χ0) is 18.9. The average molecular weight is 377 g/mol. The molecule has 0 aliphatic carbocycles. The number of rotatable bonds is 4. The van der Waals surface area contributed by atoms with Crippen molar-refractivity contribution in [2.45, 2.75) is 31.7 Å². The number of benzene rings is 1. The maximum atomic E-state index is 12.8. The number of amides is 1. The van der Waals surface area contributed by atoms with Gasteiger partial charge in [0.15, 0.2) is 5.65 Å². The van der Waals surface area contributed by atoms with E-state index in [0.29, 0.717) is 19.6 Å². The average Bonchev–Trinajstić information content (AvgIpc) is 3.30. The fourth-order valence-electron chi connectivity index (χ4n) is 4.25. The van der Waals surface area contributed by atoms with Gasteiger partial charge in [0.1, 0.15) is 6.33 Å². The van der Waals surface area contributed by atoms with Gasteiger partial charge in [-0.25, -0.2) is 9.50 Å². The predicted molar refractivity (Wildman–Crippen MR) is 103 cm³/mol. The molecule has 7 nitrogen and oxygen atoms in total. The Morgan fingerprint density at radius 2 is 1.96 bits per heavy atom. The van der Waals surface area contributed by atoms with Crippen LogP contribution in [0, 0.1) is 0 Å². The molecule has 144 valence electrons. The predicted octanol–water partition coefficient (Wildman–Crippen LogP) is 1.73. The molecule has 4 heterocycles.